The summed E-state index contributed by atoms with van der Waals surface area (Å²) in [6.45, 7) is -0.100. The van der Waals surface area contributed by atoms with Gasteiger partial charge in [0.15, 0.2) is 0 Å². The maximum atomic E-state index is 12.9. The molecule has 1 aliphatic rings. The van der Waals surface area contributed by atoms with E-state index >= 15 is 0 Å². The van der Waals surface area contributed by atoms with Gasteiger partial charge in [-0.1, -0.05) is 30.4 Å². The van der Waals surface area contributed by atoms with Gasteiger partial charge in [0, 0.05) is 19.3 Å². The lowest BCUT2D eigenvalue weighted by atomic mass is 9.86. The third-order valence-electron chi connectivity index (χ3n) is 8.57. The minimum atomic E-state index is -4.50. The first-order chi connectivity index (χ1) is 24.3. The van der Waals surface area contributed by atoms with Crippen LogP contribution in [-0.4, -0.2) is 70.5 Å². The molecular weight excluding hydrogens is 679 g/mol. The Morgan fingerprint density at radius 2 is 1.67 bits per heavy atom. The SMILES string of the molecule is O=C(CCCCO[N+](=O)[O-])OCCc1ccc(OC(=O)CCC/C=C\C[C@@H]2[C@@H](CC[C@@H](O)COc3cccc(C(F)(F)F)c3)[C@H](O)C[C@@H]2O)cc1. The van der Waals surface area contributed by atoms with E-state index in [0.29, 0.717) is 50.7 Å². The minimum absolute atomic E-state index is 0.00319. The number of aliphatic hydroxyl groups excluding tert-OH is 3. The fourth-order valence-corrected chi connectivity index (χ4v) is 5.84. The van der Waals surface area contributed by atoms with E-state index in [-0.39, 0.29) is 63.1 Å². The molecule has 51 heavy (non-hydrogen) atoms. The van der Waals surface area contributed by atoms with Gasteiger partial charge < -0.3 is 34.4 Å². The molecule has 3 rings (SSSR count). The number of hydrogen-bond acceptors (Lipinski definition) is 11. The molecule has 0 amide bonds. The quantitative estimate of drug-likeness (QED) is 0.0336. The van der Waals surface area contributed by atoms with Crippen molar-refractivity contribution in [1.82, 2.24) is 0 Å². The first kappa shape index (κ1) is 41.2. The highest BCUT2D eigenvalue weighted by molar-refractivity contribution is 5.72. The molecular formula is C36H46F3NO11. The van der Waals surface area contributed by atoms with Gasteiger partial charge in [-0.15, -0.1) is 10.1 Å². The van der Waals surface area contributed by atoms with Crippen LogP contribution in [0.4, 0.5) is 13.2 Å². The van der Waals surface area contributed by atoms with Crippen molar-refractivity contribution in [2.45, 2.75) is 95.1 Å². The van der Waals surface area contributed by atoms with Crippen LogP contribution < -0.4 is 9.47 Å². The zero-order valence-corrected chi connectivity index (χ0v) is 28.2. The molecule has 0 saturated heterocycles. The molecule has 282 valence electrons. The zero-order valence-electron chi connectivity index (χ0n) is 28.2. The Morgan fingerprint density at radius 1 is 0.941 bits per heavy atom. The molecule has 0 bridgehead atoms. The molecule has 12 nitrogen and oxygen atoms in total. The molecule has 2 aromatic carbocycles. The number of benzene rings is 2. The van der Waals surface area contributed by atoms with Crippen LogP contribution in [-0.2, 0) is 31.8 Å². The number of carbonyl (C=O) groups excluding carboxylic acids is 2. The summed E-state index contributed by atoms with van der Waals surface area (Å²) >= 11 is 0. The number of allylic oxidation sites excluding steroid dienone is 2. The van der Waals surface area contributed by atoms with Gasteiger partial charge in [0.2, 0.25) is 0 Å². The molecule has 1 aliphatic carbocycles. The Bertz CT molecular complexity index is 1400. The first-order valence-electron chi connectivity index (χ1n) is 17.0. The maximum absolute atomic E-state index is 12.9. The molecule has 1 fully saturated rings. The number of esters is 2. The number of ether oxygens (including phenoxy) is 3. The monoisotopic (exact) mass is 725 g/mol. The maximum Gasteiger partial charge on any atom is 0.416 e. The third kappa shape index (κ3) is 15.7. The van der Waals surface area contributed by atoms with Gasteiger partial charge in [-0.2, -0.15) is 13.2 Å². The van der Waals surface area contributed by atoms with Gasteiger partial charge in [0.1, 0.15) is 18.1 Å². The number of alkyl halides is 3. The molecule has 0 radical (unpaired) electrons. The van der Waals surface area contributed by atoms with Gasteiger partial charge in [-0.3, -0.25) is 9.59 Å². The van der Waals surface area contributed by atoms with Crippen molar-refractivity contribution in [3.8, 4) is 11.5 Å². The lowest BCUT2D eigenvalue weighted by Gasteiger charge is -2.23. The van der Waals surface area contributed by atoms with Crippen LogP contribution in [0.5, 0.6) is 11.5 Å². The topological polar surface area (TPSA) is 175 Å². The number of unbranched alkanes of at least 4 members (excludes halogenated alkanes) is 2. The van der Waals surface area contributed by atoms with Crippen molar-refractivity contribution in [3.63, 3.8) is 0 Å². The average Bonchev–Trinajstić information content (AvgIpc) is 3.35. The molecule has 0 aliphatic heterocycles. The highest BCUT2D eigenvalue weighted by Crippen LogP contribution is 2.38. The molecule has 0 heterocycles. The van der Waals surface area contributed by atoms with E-state index in [1.54, 1.807) is 24.3 Å². The summed E-state index contributed by atoms with van der Waals surface area (Å²) in [5.41, 5.74) is 0.0391. The van der Waals surface area contributed by atoms with Crippen LogP contribution in [0.1, 0.15) is 75.3 Å². The average molecular weight is 726 g/mol. The molecule has 0 unspecified atom stereocenters. The highest BCUT2D eigenvalue weighted by Gasteiger charge is 2.40. The van der Waals surface area contributed by atoms with E-state index in [2.05, 4.69) is 4.84 Å². The highest BCUT2D eigenvalue weighted by atomic mass is 19.4. The van der Waals surface area contributed by atoms with E-state index < -0.39 is 47.1 Å². The molecule has 15 heteroatoms. The number of aliphatic hydroxyl groups is 3. The Hall–Kier alpha value is -4.21. The second kappa shape index (κ2) is 21.2. The lowest BCUT2D eigenvalue weighted by molar-refractivity contribution is -0.757. The smallest absolute Gasteiger partial charge is 0.416 e. The van der Waals surface area contributed by atoms with Crippen LogP contribution in [0.2, 0.25) is 0 Å². The normalized spacial score (nSPS) is 19.5. The standard InChI is InChI=1S/C36H46F3NO11/c37-36(38,39)26-8-7-9-29(22-26)49-24-27(41)15-18-31-30(32(42)23-33(31)43)10-3-1-2-4-12-35(45)51-28-16-13-25(14-17-28)19-21-48-34(44)11-5-6-20-50-40(46)47/h1,3,7-9,13-14,16-17,22,27,30-33,41-43H,2,4-6,10-12,15,18-21,23-24H2/b3-1-/t27-,30-,31-,32+,33-/m1/s1. The van der Waals surface area contributed by atoms with Crippen LogP contribution in [0.15, 0.2) is 60.7 Å². The summed E-state index contributed by atoms with van der Waals surface area (Å²) in [5.74, 6) is -0.905. The predicted octanol–water partition coefficient (Wildman–Crippen LogP) is 5.77. The molecule has 5 atom stereocenters. The van der Waals surface area contributed by atoms with Crippen LogP contribution in [0.25, 0.3) is 0 Å². The Balaban J connectivity index is 1.29. The number of nitrogens with zero attached hydrogens (tertiary/aromatic N) is 1. The number of carbonyl (C=O) groups is 2. The fourth-order valence-electron chi connectivity index (χ4n) is 5.84. The molecule has 1 saturated carbocycles. The number of hydrogen-bond donors (Lipinski definition) is 3. The summed E-state index contributed by atoms with van der Waals surface area (Å²) in [4.78, 5) is 38.3. The summed E-state index contributed by atoms with van der Waals surface area (Å²) in [7, 11) is 0. The second-order valence-corrected chi connectivity index (χ2v) is 12.5. The lowest BCUT2D eigenvalue weighted by Crippen LogP contribution is -2.25. The van der Waals surface area contributed by atoms with E-state index in [9.17, 15) is 48.2 Å². The minimum Gasteiger partial charge on any atom is -0.491 e. The van der Waals surface area contributed by atoms with E-state index in [1.165, 1.54) is 12.1 Å². The van der Waals surface area contributed by atoms with Crippen molar-refractivity contribution >= 4 is 11.9 Å². The third-order valence-corrected chi connectivity index (χ3v) is 8.57. The Kier molecular flexibility index (Phi) is 17.2. The summed E-state index contributed by atoms with van der Waals surface area (Å²) < 4.78 is 54.7. The Morgan fingerprint density at radius 3 is 2.39 bits per heavy atom. The zero-order chi connectivity index (χ0) is 37.2. The number of halogens is 3. The number of rotatable bonds is 22. The van der Waals surface area contributed by atoms with Gasteiger partial charge >= 0.3 is 18.1 Å². The van der Waals surface area contributed by atoms with Gasteiger partial charge in [0.25, 0.3) is 5.09 Å². The summed E-state index contributed by atoms with van der Waals surface area (Å²) in [5, 5.41) is 40.6. The van der Waals surface area contributed by atoms with Crippen LogP contribution >= 0.6 is 0 Å². The van der Waals surface area contributed by atoms with Crippen molar-refractivity contribution in [2.24, 2.45) is 11.8 Å². The molecule has 3 N–H and O–H groups in total. The van der Waals surface area contributed by atoms with E-state index in [0.717, 1.165) is 17.7 Å². The van der Waals surface area contributed by atoms with Crippen LogP contribution in [0, 0.1) is 22.0 Å². The van der Waals surface area contributed by atoms with E-state index in [4.69, 9.17) is 14.2 Å². The van der Waals surface area contributed by atoms with Gasteiger partial charge in [-0.05, 0) is 99.1 Å². The van der Waals surface area contributed by atoms with Gasteiger partial charge in [0.05, 0.1) is 37.1 Å². The molecule has 0 aromatic heterocycles. The van der Waals surface area contributed by atoms with E-state index in [1.807, 2.05) is 12.2 Å². The summed E-state index contributed by atoms with van der Waals surface area (Å²) in [6.07, 6.45) is 0.971. The second-order valence-electron chi connectivity index (χ2n) is 12.5. The Labute approximate surface area is 294 Å². The largest absolute Gasteiger partial charge is 0.491 e. The predicted molar refractivity (Wildman–Crippen MR) is 177 cm³/mol. The molecule has 0 spiro atoms. The fraction of sp³-hybridized carbons (Fsp3) is 0.556. The van der Waals surface area contributed by atoms with Crippen LogP contribution in [0.3, 0.4) is 0 Å². The van der Waals surface area contributed by atoms with Crippen molar-refractivity contribution in [2.75, 3.05) is 19.8 Å². The van der Waals surface area contributed by atoms with Gasteiger partial charge in [-0.25, -0.2) is 0 Å². The van der Waals surface area contributed by atoms with Crippen molar-refractivity contribution < 1.29 is 62.2 Å². The molecule has 2 aromatic rings. The first-order valence-corrected chi connectivity index (χ1v) is 17.0. The van der Waals surface area contributed by atoms with Crippen molar-refractivity contribution in [3.05, 3.63) is 81.9 Å². The van der Waals surface area contributed by atoms with Crippen molar-refractivity contribution in [1.29, 1.82) is 0 Å². The summed E-state index contributed by atoms with van der Waals surface area (Å²) in [6, 6.07) is 11.3.